The molecule has 162 valence electrons. The lowest BCUT2D eigenvalue weighted by molar-refractivity contribution is 0.0594. The fraction of sp³-hybridized carbons (Fsp3) is 0.304. The van der Waals surface area contributed by atoms with Gasteiger partial charge in [-0.25, -0.2) is 14.2 Å². The number of methoxy groups -OCH3 is 2. The summed E-state index contributed by atoms with van der Waals surface area (Å²) in [6.07, 6.45) is 2.96. The van der Waals surface area contributed by atoms with E-state index < -0.39 is 11.8 Å². The zero-order valence-corrected chi connectivity index (χ0v) is 19.0. The Balaban J connectivity index is 0.00000106. The molecule has 0 spiro atoms. The van der Waals surface area contributed by atoms with Crippen molar-refractivity contribution in [3.8, 4) is 16.9 Å². The highest BCUT2D eigenvalue weighted by atomic mass is 35.5. The third kappa shape index (κ3) is 6.07. The first kappa shape index (κ1) is 25.2. The van der Waals surface area contributed by atoms with Gasteiger partial charge in [0.1, 0.15) is 11.6 Å². The maximum Gasteiger partial charge on any atom is 0.358 e. The number of imidazole rings is 1. The summed E-state index contributed by atoms with van der Waals surface area (Å²) in [5, 5.41) is 0.506. The van der Waals surface area contributed by atoms with Crippen molar-refractivity contribution in [3.05, 3.63) is 71.0 Å². The molecule has 30 heavy (non-hydrogen) atoms. The quantitative estimate of drug-likeness (QED) is 0.446. The molecule has 3 aromatic rings. The fourth-order valence-electron chi connectivity index (χ4n) is 2.66. The Morgan fingerprint density at radius 1 is 1.13 bits per heavy atom. The van der Waals surface area contributed by atoms with Crippen LogP contribution < -0.4 is 4.74 Å². The Morgan fingerprint density at radius 3 is 2.43 bits per heavy atom. The monoisotopic (exact) mass is 434 g/mol. The number of esters is 1. The third-order valence-electron chi connectivity index (χ3n) is 3.90. The van der Waals surface area contributed by atoms with Crippen LogP contribution in [0.4, 0.5) is 4.39 Å². The molecule has 2 aromatic carbocycles. The second-order valence-corrected chi connectivity index (χ2v) is 5.99. The average molecular weight is 435 g/mol. The number of ether oxygens (including phenoxy) is 2. The van der Waals surface area contributed by atoms with E-state index in [0.29, 0.717) is 27.5 Å². The second-order valence-electron chi connectivity index (χ2n) is 5.55. The summed E-state index contributed by atoms with van der Waals surface area (Å²) in [5.74, 6) is -0.548. The first-order valence-corrected chi connectivity index (χ1v) is 10.1. The molecule has 0 aliphatic carbocycles. The first-order chi connectivity index (χ1) is 14.5. The molecule has 0 saturated heterocycles. The minimum absolute atomic E-state index is 0.163. The fourth-order valence-corrected chi connectivity index (χ4v) is 2.85. The largest absolute Gasteiger partial charge is 0.496 e. The van der Waals surface area contributed by atoms with Crippen LogP contribution in [0.5, 0.6) is 5.75 Å². The number of hydrogen-bond donors (Lipinski definition) is 0. The summed E-state index contributed by atoms with van der Waals surface area (Å²) >= 11 is 6.04. The molecule has 0 unspecified atom stereocenters. The van der Waals surface area contributed by atoms with Crippen LogP contribution in [-0.2, 0) is 11.3 Å². The molecule has 0 N–H and O–H groups in total. The van der Waals surface area contributed by atoms with Crippen molar-refractivity contribution in [2.24, 2.45) is 0 Å². The molecule has 0 radical (unpaired) electrons. The lowest BCUT2D eigenvalue weighted by Crippen LogP contribution is -2.04. The van der Waals surface area contributed by atoms with Gasteiger partial charge in [-0.2, -0.15) is 0 Å². The van der Waals surface area contributed by atoms with E-state index in [1.165, 1.54) is 26.7 Å². The second kappa shape index (κ2) is 12.6. The molecule has 0 saturated carbocycles. The number of aromatic nitrogens is 2. The summed E-state index contributed by atoms with van der Waals surface area (Å²) in [6, 6.07) is 10.3. The molecular weight excluding hydrogens is 407 g/mol. The molecule has 0 fully saturated rings. The van der Waals surface area contributed by atoms with Crippen molar-refractivity contribution in [2.45, 2.75) is 34.2 Å². The minimum Gasteiger partial charge on any atom is -0.496 e. The zero-order chi connectivity index (χ0) is 22.7. The summed E-state index contributed by atoms with van der Waals surface area (Å²) in [5.41, 5.74) is 1.54. The van der Waals surface area contributed by atoms with Gasteiger partial charge in [0.05, 0.1) is 32.7 Å². The summed E-state index contributed by atoms with van der Waals surface area (Å²) < 4.78 is 26.8. The van der Waals surface area contributed by atoms with E-state index in [9.17, 15) is 4.79 Å². The number of carbonyl (C=O) groups is 1. The smallest absolute Gasteiger partial charge is 0.358 e. The number of rotatable bonds is 5. The maximum atomic E-state index is 15.2. The minimum atomic E-state index is -0.543. The number of carbonyl (C=O) groups excluding carboxylic acids is 1. The normalized spacial score (nSPS) is 9.60. The van der Waals surface area contributed by atoms with E-state index >= 15 is 4.39 Å². The standard InChI is InChI=1S/C19H16ClFN2O3.2C2H6/c1-25-16-7-6-13(9-23-10-15(22-11-23)19(24)26-2)18(21)17(16)12-4-3-5-14(20)8-12;2*1-2/h3-8,10-11H,9H2,1-2H3;2*1-2H3. The molecule has 0 aliphatic rings. The van der Waals surface area contributed by atoms with Crippen LogP contribution >= 0.6 is 11.6 Å². The maximum absolute atomic E-state index is 15.2. The number of benzene rings is 2. The van der Waals surface area contributed by atoms with Crippen molar-refractivity contribution >= 4 is 17.6 Å². The van der Waals surface area contributed by atoms with Gasteiger partial charge in [-0.1, -0.05) is 57.5 Å². The van der Waals surface area contributed by atoms with Crippen molar-refractivity contribution in [1.82, 2.24) is 9.55 Å². The Morgan fingerprint density at radius 2 is 1.83 bits per heavy atom. The van der Waals surface area contributed by atoms with Gasteiger partial charge < -0.3 is 14.0 Å². The Bertz CT molecular complexity index is 957. The molecule has 1 aromatic heterocycles. The van der Waals surface area contributed by atoms with E-state index in [-0.39, 0.29) is 12.2 Å². The molecule has 1 heterocycles. The van der Waals surface area contributed by atoms with Gasteiger partial charge in [0.25, 0.3) is 0 Å². The summed E-state index contributed by atoms with van der Waals surface area (Å²) in [6.45, 7) is 8.20. The van der Waals surface area contributed by atoms with Crippen molar-refractivity contribution in [2.75, 3.05) is 14.2 Å². The lowest BCUT2D eigenvalue weighted by Gasteiger charge is -2.14. The Kier molecular flexibility index (Phi) is 10.6. The van der Waals surface area contributed by atoms with Gasteiger partial charge in [0, 0.05) is 16.8 Å². The van der Waals surface area contributed by atoms with E-state index in [4.69, 9.17) is 16.3 Å². The zero-order valence-electron chi connectivity index (χ0n) is 18.2. The molecule has 0 atom stereocenters. The molecular formula is C23H28ClFN2O3. The number of nitrogens with zero attached hydrogens (tertiary/aromatic N) is 2. The molecule has 0 aliphatic heterocycles. The summed E-state index contributed by atoms with van der Waals surface area (Å²) in [4.78, 5) is 15.5. The predicted molar refractivity (Wildman–Crippen MR) is 119 cm³/mol. The molecule has 7 heteroatoms. The lowest BCUT2D eigenvalue weighted by atomic mass is 10.0. The molecule has 5 nitrogen and oxygen atoms in total. The highest BCUT2D eigenvalue weighted by molar-refractivity contribution is 6.30. The van der Waals surface area contributed by atoms with E-state index in [1.807, 2.05) is 27.7 Å². The van der Waals surface area contributed by atoms with Gasteiger partial charge in [-0.15, -0.1) is 0 Å². The first-order valence-electron chi connectivity index (χ1n) is 9.75. The van der Waals surface area contributed by atoms with E-state index in [0.717, 1.165) is 0 Å². The van der Waals surface area contributed by atoms with Gasteiger partial charge in [-0.3, -0.25) is 0 Å². The van der Waals surface area contributed by atoms with E-state index in [2.05, 4.69) is 9.72 Å². The average Bonchev–Trinajstić information content (AvgIpc) is 3.25. The van der Waals surface area contributed by atoms with Gasteiger partial charge in [-0.05, 0) is 23.8 Å². The van der Waals surface area contributed by atoms with Crippen LogP contribution in [0.3, 0.4) is 0 Å². The van der Waals surface area contributed by atoms with Crippen LogP contribution in [-0.4, -0.2) is 29.7 Å². The molecule has 0 bridgehead atoms. The van der Waals surface area contributed by atoms with Crippen LogP contribution in [0.15, 0.2) is 48.9 Å². The third-order valence-corrected chi connectivity index (χ3v) is 4.13. The van der Waals surface area contributed by atoms with E-state index in [1.54, 1.807) is 41.0 Å². The van der Waals surface area contributed by atoms with Gasteiger partial charge >= 0.3 is 5.97 Å². The van der Waals surface area contributed by atoms with Crippen LogP contribution in [0.25, 0.3) is 11.1 Å². The Labute approximate surface area is 182 Å². The van der Waals surface area contributed by atoms with Gasteiger partial charge in [0.2, 0.25) is 0 Å². The highest BCUT2D eigenvalue weighted by Crippen LogP contribution is 2.35. The van der Waals surface area contributed by atoms with Crippen molar-refractivity contribution in [3.63, 3.8) is 0 Å². The van der Waals surface area contributed by atoms with Crippen LogP contribution in [0.2, 0.25) is 5.02 Å². The van der Waals surface area contributed by atoms with Gasteiger partial charge in [0.15, 0.2) is 5.69 Å². The molecule has 0 amide bonds. The predicted octanol–water partition coefficient (Wildman–Crippen LogP) is 6.24. The number of hydrogen-bond acceptors (Lipinski definition) is 4. The van der Waals surface area contributed by atoms with Crippen molar-refractivity contribution < 1.29 is 18.7 Å². The topological polar surface area (TPSA) is 53.4 Å². The van der Waals surface area contributed by atoms with Crippen LogP contribution in [0, 0.1) is 5.82 Å². The molecule has 3 rings (SSSR count). The van der Waals surface area contributed by atoms with Crippen LogP contribution in [0.1, 0.15) is 43.7 Å². The Hall–Kier alpha value is -2.86. The number of halogens is 2. The summed E-state index contributed by atoms with van der Waals surface area (Å²) in [7, 11) is 2.77. The highest BCUT2D eigenvalue weighted by Gasteiger charge is 2.17. The SMILES string of the molecule is CC.CC.COC(=O)c1cn(Cc2ccc(OC)c(-c3cccc(Cl)c3)c2F)cn1. The van der Waals surface area contributed by atoms with Crippen molar-refractivity contribution in [1.29, 1.82) is 0 Å².